The van der Waals surface area contributed by atoms with Crippen LogP contribution in [0.15, 0.2) is 71.8 Å². The zero-order valence-corrected chi connectivity index (χ0v) is 22.0. The fourth-order valence-corrected chi connectivity index (χ4v) is 6.06. The number of rotatable bonds is 7. The molecule has 198 valence electrons. The van der Waals surface area contributed by atoms with E-state index in [1.54, 1.807) is 54.7 Å². The first-order valence-corrected chi connectivity index (χ1v) is 14.0. The molecule has 1 fully saturated rings. The molecule has 5 rings (SSSR count). The number of sulfonamides is 1. The van der Waals surface area contributed by atoms with Gasteiger partial charge in [-0.25, -0.2) is 13.4 Å². The second kappa shape index (κ2) is 11.1. The second-order valence-corrected chi connectivity index (χ2v) is 11.3. The zero-order chi connectivity index (χ0) is 26.7. The molecule has 1 amide bonds. The first-order chi connectivity index (χ1) is 18.3. The molecule has 3 aromatic rings. The average molecular weight is 555 g/mol. The number of fused-ring (bicyclic) bond motifs is 1. The highest BCUT2D eigenvalue weighted by Gasteiger charge is 2.28. The number of nitrogens with two attached hydrogens (primary N) is 1. The summed E-state index contributed by atoms with van der Waals surface area (Å²) in [4.78, 5) is 16.6. The quantitative estimate of drug-likeness (QED) is 0.430. The van der Waals surface area contributed by atoms with Gasteiger partial charge in [0.1, 0.15) is 17.7 Å². The van der Waals surface area contributed by atoms with Crippen LogP contribution < -0.4 is 15.8 Å². The van der Waals surface area contributed by atoms with E-state index in [0.29, 0.717) is 55.9 Å². The minimum absolute atomic E-state index is 0.242. The number of pyridine rings is 1. The Kier molecular flexibility index (Phi) is 7.66. The molecule has 1 unspecified atom stereocenters. The molecule has 3 heterocycles. The van der Waals surface area contributed by atoms with E-state index in [-0.39, 0.29) is 16.9 Å². The summed E-state index contributed by atoms with van der Waals surface area (Å²) in [6.45, 7) is 1.81. The Morgan fingerprint density at radius 2 is 1.89 bits per heavy atom. The van der Waals surface area contributed by atoms with Crippen LogP contribution in [0.3, 0.4) is 0 Å². The number of nitrogen functional groups attached to an aromatic ring is 1. The molecule has 3 N–H and O–H groups in total. The summed E-state index contributed by atoms with van der Waals surface area (Å²) in [6.07, 6.45) is 4.91. The normalized spacial score (nSPS) is 17.8. The van der Waals surface area contributed by atoms with Gasteiger partial charge in [-0.05, 0) is 47.0 Å². The molecular weight excluding hydrogens is 528 g/mol. The summed E-state index contributed by atoms with van der Waals surface area (Å²) in [7, 11) is -3.58. The van der Waals surface area contributed by atoms with Crippen molar-refractivity contribution in [2.75, 3.05) is 32.0 Å². The highest BCUT2D eigenvalue weighted by molar-refractivity contribution is 7.89. The number of hydrogen-bond donors (Lipinski definition) is 2. The van der Waals surface area contributed by atoms with Gasteiger partial charge in [-0.3, -0.25) is 4.79 Å². The van der Waals surface area contributed by atoms with E-state index >= 15 is 0 Å². The summed E-state index contributed by atoms with van der Waals surface area (Å²) < 4.78 is 38.7. The molecular formula is C27H27ClN4O5S. The van der Waals surface area contributed by atoms with Crippen LogP contribution >= 0.6 is 11.6 Å². The molecule has 0 spiro atoms. The first kappa shape index (κ1) is 26.2. The van der Waals surface area contributed by atoms with Crippen molar-refractivity contribution in [3.63, 3.8) is 0 Å². The first-order valence-electron chi connectivity index (χ1n) is 12.1. The summed E-state index contributed by atoms with van der Waals surface area (Å²) in [5.41, 5.74) is 9.08. The van der Waals surface area contributed by atoms with Gasteiger partial charge in [-0.2, -0.15) is 4.31 Å². The number of nitrogens with one attached hydrogen (secondary N) is 1. The van der Waals surface area contributed by atoms with E-state index in [0.717, 1.165) is 22.3 Å². The largest absolute Gasteiger partial charge is 0.484 e. The minimum Gasteiger partial charge on any atom is -0.484 e. The summed E-state index contributed by atoms with van der Waals surface area (Å²) in [6, 6.07) is 14.0. The van der Waals surface area contributed by atoms with Crippen molar-refractivity contribution >= 4 is 33.3 Å². The number of amides is 1. The topological polar surface area (TPSA) is 124 Å². The molecule has 11 heteroatoms. The van der Waals surface area contributed by atoms with Gasteiger partial charge >= 0.3 is 0 Å². The molecule has 0 aliphatic carbocycles. The standard InChI is InChI=1S/C27H27ClN4O5S/c28-24-8-7-22(19-2-5-21(6-3-19)38(34,35)32-11-13-36-14-12-32)23-15-20(37-27(23)24)4-10-26(33)31-17-18-1-9-25(29)30-16-18/h1-10,16,20H,11-15,17H2,(H2,29,30)(H,31,33)/b10-4+. The molecule has 9 nitrogen and oxygen atoms in total. The number of hydrogen-bond acceptors (Lipinski definition) is 7. The van der Waals surface area contributed by atoms with Crippen molar-refractivity contribution < 1.29 is 22.7 Å². The molecule has 0 radical (unpaired) electrons. The van der Waals surface area contributed by atoms with E-state index in [4.69, 9.17) is 26.8 Å². The SMILES string of the molecule is Nc1ccc(CNC(=O)/C=C/C2Cc3c(-c4ccc(S(=O)(=O)N5CCOCC5)cc4)ccc(Cl)c3O2)cn1. The predicted octanol–water partition coefficient (Wildman–Crippen LogP) is 3.18. The highest BCUT2D eigenvalue weighted by Crippen LogP contribution is 2.42. The molecule has 38 heavy (non-hydrogen) atoms. The van der Waals surface area contributed by atoms with E-state index in [9.17, 15) is 13.2 Å². The van der Waals surface area contributed by atoms with E-state index in [1.807, 2.05) is 6.07 Å². The van der Waals surface area contributed by atoms with Crippen molar-refractivity contribution in [3.05, 3.63) is 83.0 Å². The fourth-order valence-electron chi connectivity index (χ4n) is 4.43. The number of benzene rings is 2. The van der Waals surface area contributed by atoms with Crippen LogP contribution in [-0.2, 0) is 32.5 Å². The van der Waals surface area contributed by atoms with Crippen molar-refractivity contribution in [2.45, 2.75) is 24.0 Å². The highest BCUT2D eigenvalue weighted by atomic mass is 35.5. The van der Waals surface area contributed by atoms with Gasteiger partial charge in [0.05, 0.1) is 23.1 Å². The third kappa shape index (κ3) is 5.68. The molecule has 1 aromatic heterocycles. The molecule has 0 saturated carbocycles. The lowest BCUT2D eigenvalue weighted by molar-refractivity contribution is -0.116. The number of anilines is 1. The molecule has 1 atom stereocenters. The van der Waals surface area contributed by atoms with Crippen molar-refractivity contribution in [2.24, 2.45) is 0 Å². The van der Waals surface area contributed by atoms with Crippen LogP contribution in [0.25, 0.3) is 11.1 Å². The van der Waals surface area contributed by atoms with Crippen LogP contribution in [0.2, 0.25) is 5.02 Å². The van der Waals surface area contributed by atoms with Crippen LogP contribution in [0.4, 0.5) is 5.82 Å². The second-order valence-electron chi connectivity index (χ2n) is 8.97. The molecule has 2 aliphatic rings. The Morgan fingerprint density at radius 3 is 2.61 bits per heavy atom. The number of nitrogens with zero attached hydrogens (tertiary/aromatic N) is 2. The van der Waals surface area contributed by atoms with E-state index in [1.165, 1.54) is 10.4 Å². The van der Waals surface area contributed by atoms with E-state index in [2.05, 4.69) is 10.3 Å². The van der Waals surface area contributed by atoms with Crippen LogP contribution in [0.1, 0.15) is 11.1 Å². The Bertz CT molecular complexity index is 1450. The van der Waals surface area contributed by atoms with Crippen LogP contribution in [0.5, 0.6) is 5.75 Å². The third-order valence-corrected chi connectivity index (χ3v) is 8.65. The Morgan fingerprint density at radius 1 is 1.13 bits per heavy atom. The average Bonchev–Trinajstić information content (AvgIpc) is 3.38. The van der Waals surface area contributed by atoms with Crippen LogP contribution in [0, 0.1) is 0 Å². The lowest BCUT2D eigenvalue weighted by Crippen LogP contribution is -2.40. The predicted molar refractivity (Wildman–Crippen MR) is 144 cm³/mol. The number of ether oxygens (including phenoxy) is 2. The maximum Gasteiger partial charge on any atom is 0.244 e. The van der Waals surface area contributed by atoms with Gasteiger partial charge < -0.3 is 20.5 Å². The monoisotopic (exact) mass is 554 g/mol. The summed E-state index contributed by atoms with van der Waals surface area (Å²) in [5, 5.41) is 3.28. The Balaban J connectivity index is 1.27. The fraction of sp³-hybridized carbons (Fsp3) is 0.259. The molecule has 0 bridgehead atoms. The van der Waals surface area contributed by atoms with Crippen molar-refractivity contribution in [1.29, 1.82) is 0 Å². The van der Waals surface area contributed by atoms with Gasteiger partial charge in [-0.1, -0.05) is 35.9 Å². The van der Waals surface area contributed by atoms with Gasteiger partial charge in [-0.15, -0.1) is 0 Å². The maximum absolute atomic E-state index is 13.0. The van der Waals surface area contributed by atoms with E-state index < -0.39 is 10.0 Å². The number of aromatic nitrogens is 1. The Labute approximate surface area is 226 Å². The zero-order valence-electron chi connectivity index (χ0n) is 20.5. The number of halogens is 1. The van der Waals surface area contributed by atoms with Crippen molar-refractivity contribution in [3.8, 4) is 16.9 Å². The third-order valence-electron chi connectivity index (χ3n) is 6.44. The number of carbonyl (C=O) groups is 1. The maximum atomic E-state index is 13.0. The Hall–Kier alpha value is -3.44. The lowest BCUT2D eigenvalue weighted by atomic mass is 9.96. The molecule has 1 saturated heterocycles. The summed E-state index contributed by atoms with van der Waals surface area (Å²) >= 11 is 6.42. The number of morpholine rings is 1. The summed E-state index contributed by atoms with van der Waals surface area (Å²) in [5.74, 6) is 0.729. The van der Waals surface area contributed by atoms with Gasteiger partial charge in [0.25, 0.3) is 0 Å². The van der Waals surface area contributed by atoms with Crippen molar-refractivity contribution in [1.82, 2.24) is 14.6 Å². The lowest BCUT2D eigenvalue weighted by Gasteiger charge is -2.26. The molecule has 2 aliphatic heterocycles. The minimum atomic E-state index is -3.58. The smallest absolute Gasteiger partial charge is 0.244 e. The van der Waals surface area contributed by atoms with Gasteiger partial charge in [0.15, 0.2) is 0 Å². The van der Waals surface area contributed by atoms with Gasteiger partial charge in [0.2, 0.25) is 15.9 Å². The van der Waals surface area contributed by atoms with Gasteiger partial charge in [0, 0.05) is 43.9 Å². The molecule has 2 aromatic carbocycles. The van der Waals surface area contributed by atoms with Crippen LogP contribution in [-0.4, -0.2) is 56.0 Å². The number of carbonyl (C=O) groups excluding carboxylic acids is 1.